The van der Waals surface area contributed by atoms with E-state index in [0.29, 0.717) is 18.6 Å². The Balaban J connectivity index is 2.50. The molecule has 0 aromatic heterocycles. The molecule has 2 unspecified atom stereocenters. The van der Waals surface area contributed by atoms with Gasteiger partial charge in [-0.1, -0.05) is 6.92 Å². The van der Waals surface area contributed by atoms with E-state index in [1.165, 1.54) is 0 Å². The summed E-state index contributed by atoms with van der Waals surface area (Å²) in [6.07, 6.45) is 3.41. The predicted octanol–water partition coefficient (Wildman–Crippen LogP) is 0.585. The SMILES string of the molecule is CCCN(CC(=O)NC)C1CCNC(C)C1. The number of nitrogens with zero attached hydrogens (tertiary/aromatic N) is 1. The van der Waals surface area contributed by atoms with Gasteiger partial charge in [0.25, 0.3) is 0 Å². The van der Waals surface area contributed by atoms with Crippen LogP contribution in [0.25, 0.3) is 0 Å². The molecule has 1 amide bonds. The molecule has 0 aliphatic carbocycles. The van der Waals surface area contributed by atoms with Crippen molar-refractivity contribution in [1.82, 2.24) is 15.5 Å². The minimum absolute atomic E-state index is 0.125. The summed E-state index contributed by atoms with van der Waals surface area (Å²) >= 11 is 0. The van der Waals surface area contributed by atoms with Crippen molar-refractivity contribution in [2.45, 2.75) is 45.2 Å². The normalized spacial score (nSPS) is 25.8. The largest absolute Gasteiger partial charge is 0.358 e. The maximum Gasteiger partial charge on any atom is 0.233 e. The van der Waals surface area contributed by atoms with Gasteiger partial charge in [0.2, 0.25) is 5.91 Å². The molecular weight excluding hydrogens is 202 g/mol. The standard InChI is InChI=1S/C12H25N3O/c1-4-7-15(9-12(16)13-3)11-5-6-14-10(2)8-11/h10-11,14H,4-9H2,1-3H3,(H,13,16). The van der Waals surface area contributed by atoms with Crippen molar-refractivity contribution < 1.29 is 4.79 Å². The summed E-state index contributed by atoms with van der Waals surface area (Å²) in [6, 6.07) is 1.14. The number of carbonyl (C=O) groups excluding carboxylic acids is 1. The predicted molar refractivity (Wildman–Crippen MR) is 66.4 cm³/mol. The number of hydrogen-bond donors (Lipinski definition) is 2. The summed E-state index contributed by atoms with van der Waals surface area (Å²) in [5.41, 5.74) is 0. The van der Waals surface area contributed by atoms with Crippen molar-refractivity contribution in [2.75, 3.05) is 26.7 Å². The van der Waals surface area contributed by atoms with Gasteiger partial charge >= 0.3 is 0 Å². The second-order valence-corrected chi connectivity index (χ2v) is 4.68. The lowest BCUT2D eigenvalue weighted by atomic mass is 9.98. The van der Waals surface area contributed by atoms with Crippen LogP contribution in [0.1, 0.15) is 33.1 Å². The van der Waals surface area contributed by atoms with Crippen LogP contribution in [0.15, 0.2) is 0 Å². The zero-order chi connectivity index (χ0) is 12.0. The van der Waals surface area contributed by atoms with Crippen molar-refractivity contribution in [2.24, 2.45) is 0 Å². The fraction of sp³-hybridized carbons (Fsp3) is 0.917. The molecule has 1 rings (SSSR count). The molecule has 2 atom stereocenters. The smallest absolute Gasteiger partial charge is 0.233 e. The summed E-state index contributed by atoms with van der Waals surface area (Å²) in [7, 11) is 1.71. The molecule has 0 aromatic rings. The van der Waals surface area contributed by atoms with Gasteiger partial charge in [-0.2, -0.15) is 0 Å². The first-order chi connectivity index (χ1) is 7.67. The number of likely N-dealkylation sites (N-methyl/N-ethyl adjacent to an activating group) is 1. The zero-order valence-corrected chi connectivity index (χ0v) is 10.8. The highest BCUT2D eigenvalue weighted by atomic mass is 16.1. The highest BCUT2D eigenvalue weighted by molar-refractivity contribution is 5.77. The first kappa shape index (κ1) is 13.5. The summed E-state index contributed by atoms with van der Waals surface area (Å²) < 4.78 is 0. The summed E-state index contributed by atoms with van der Waals surface area (Å²) in [5.74, 6) is 0.125. The Morgan fingerprint density at radius 2 is 2.31 bits per heavy atom. The van der Waals surface area contributed by atoms with Gasteiger partial charge in [-0.3, -0.25) is 9.69 Å². The van der Waals surface area contributed by atoms with Crippen LogP contribution in [0.2, 0.25) is 0 Å². The number of rotatable bonds is 5. The number of hydrogen-bond acceptors (Lipinski definition) is 3. The summed E-state index contributed by atoms with van der Waals surface area (Å²) in [6.45, 7) is 7.02. The van der Waals surface area contributed by atoms with Gasteiger partial charge in [-0.25, -0.2) is 0 Å². The fourth-order valence-electron chi connectivity index (χ4n) is 2.38. The molecular formula is C12H25N3O. The van der Waals surface area contributed by atoms with Crippen molar-refractivity contribution >= 4 is 5.91 Å². The van der Waals surface area contributed by atoms with Gasteiger partial charge < -0.3 is 10.6 Å². The van der Waals surface area contributed by atoms with Crippen LogP contribution in [0, 0.1) is 0 Å². The van der Waals surface area contributed by atoms with E-state index in [2.05, 4.69) is 29.4 Å². The molecule has 1 saturated heterocycles. The molecule has 0 saturated carbocycles. The summed E-state index contributed by atoms with van der Waals surface area (Å²) in [4.78, 5) is 13.8. The molecule has 4 heteroatoms. The van der Waals surface area contributed by atoms with Crippen molar-refractivity contribution in [1.29, 1.82) is 0 Å². The molecule has 2 N–H and O–H groups in total. The van der Waals surface area contributed by atoms with Gasteiger partial charge in [-0.15, -0.1) is 0 Å². The number of piperidine rings is 1. The second-order valence-electron chi connectivity index (χ2n) is 4.68. The van der Waals surface area contributed by atoms with Crippen LogP contribution in [0.4, 0.5) is 0 Å². The lowest BCUT2D eigenvalue weighted by Crippen LogP contribution is -2.49. The Bertz CT molecular complexity index is 220. The average Bonchev–Trinajstić information content (AvgIpc) is 2.28. The fourth-order valence-corrected chi connectivity index (χ4v) is 2.38. The van der Waals surface area contributed by atoms with Gasteiger partial charge in [0.15, 0.2) is 0 Å². The van der Waals surface area contributed by atoms with Crippen LogP contribution in [-0.2, 0) is 4.79 Å². The van der Waals surface area contributed by atoms with Gasteiger partial charge in [0, 0.05) is 19.1 Å². The van der Waals surface area contributed by atoms with Crippen LogP contribution in [0.5, 0.6) is 0 Å². The molecule has 0 radical (unpaired) electrons. The number of amides is 1. The molecule has 0 bridgehead atoms. The molecule has 0 aromatic carbocycles. The van der Waals surface area contributed by atoms with Gasteiger partial charge in [-0.05, 0) is 39.3 Å². The van der Waals surface area contributed by atoms with Crippen LogP contribution < -0.4 is 10.6 Å². The Hall–Kier alpha value is -0.610. The molecule has 16 heavy (non-hydrogen) atoms. The van der Waals surface area contributed by atoms with E-state index < -0.39 is 0 Å². The lowest BCUT2D eigenvalue weighted by molar-refractivity contribution is -0.122. The Morgan fingerprint density at radius 3 is 2.88 bits per heavy atom. The molecule has 1 aliphatic rings. The average molecular weight is 227 g/mol. The number of carbonyl (C=O) groups is 1. The van der Waals surface area contributed by atoms with Crippen molar-refractivity contribution in [3.63, 3.8) is 0 Å². The molecule has 1 fully saturated rings. The third-order valence-corrected chi connectivity index (χ3v) is 3.25. The molecule has 0 spiro atoms. The molecule has 1 heterocycles. The summed E-state index contributed by atoms with van der Waals surface area (Å²) in [5, 5.41) is 6.16. The minimum atomic E-state index is 0.125. The van der Waals surface area contributed by atoms with E-state index in [1.807, 2.05) is 0 Å². The van der Waals surface area contributed by atoms with E-state index in [-0.39, 0.29) is 5.91 Å². The first-order valence-corrected chi connectivity index (χ1v) is 6.35. The van der Waals surface area contributed by atoms with Crippen LogP contribution in [-0.4, -0.2) is 49.6 Å². The van der Waals surface area contributed by atoms with Crippen molar-refractivity contribution in [3.8, 4) is 0 Å². The van der Waals surface area contributed by atoms with Crippen LogP contribution >= 0.6 is 0 Å². The maximum absolute atomic E-state index is 11.5. The topological polar surface area (TPSA) is 44.4 Å². The Morgan fingerprint density at radius 1 is 1.56 bits per heavy atom. The highest BCUT2D eigenvalue weighted by Crippen LogP contribution is 2.15. The Kier molecular flexibility index (Phi) is 5.77. The minimum Gasteiger partial charge on any atom is -0.358 e. The second kappa shape index (κ2) is 6.86. The van der Waals surface area contributed by atoms with E-state index in [1.54, 1.807) is 7.05 Å². The van der Waals surface area contributed by atoms with E-state index in [0.717, 1.165) is 32.4 Å². The highest BCUT2D eigenvalue weighted by Gasteiger charge is 2.24. The number of nitrogens with one attached hydrogen (secondary N) is 2. The van der Waals surface area contributed by atoms with Crippen molar-refractivity contribution in [3.05, 3.63) is 0 Å². The molecule has 1 aliphatic heterocycles. The van der Waals surface area contributed by atoms with E-state index in [4.69, 9.17) is 0 Å². The first-order valence-electron chi connectivity index (χ1n) is 6.35. The van der Waals surface area contributed by atoms with Gasteiger partial charge in [0.1, 0.15) is 0 Å². The maximum atomic E-state index is 11.5. The van der Waals surface area contributed by atoms with E-state index in [9.17, 15) is 4.79 Å². The zero-order valence-electron chi connectivity index (χ0n) is 10.8. The molecule has 4 nitrogen and oxygen atoms in total. The van der Waals surface area contributed by atoms with E-state index >= 15 is 0 Å². The monoisotopic (exact) mass is 227 g/mol. The lowest BCUT2D eigenvalue weighted by Gasteiger charge is -2.36. The Labute approximate surface area is 98.8 Å². The van der Waals surface area contributed by atoms with Crippen LogP contribution in [0.3, 0.4) is 0 Å². The third-order valence-electron chi connectivity index (χ3n) is 3.25. The quantitative estimate of drug-likeness (QED) is 0.722. The molecule has 94 valence electrons. The third kappa shape index (κ3) is 4.10. The van der Waals surface area contributed by atoms with Gasteiger partial charge in [0.05, 0.1) is 6.54 Å².